The van der Waals surface area contributed by atoms with E-state index in [2.05, 4.69) is 20.0 Å². The first-order chi connectivity index (χ1) is 18.8. The van der Waals surface area contributed by atoms with Crippen molar-refractivity contribution in [3.05, 3.63) is 71.8 Å². The summed E-state index contributed by atoms with van der Waals surface area (Å²) in [6.45, 7) is 2.65. The third-order valence-corrected chi connectivity index (χ3v) is 6.60. The number of esters is 2. The van der Waals surface area contributed by atoms with Crippen LogP contribution in [0.4, 0.5) is 17.6 Å². The van der Waals surface area contributed by atoms with Crippen LogP contribution < -0.4 is 5.32 Å². The van der Waals surface area contributed by atoms with Gasteiger partial charge >= 0.3 is 18.1 Å². The second kappa shape index (κ2) is 11.6. The lowest BCUT2D eigenvalue weighted by molar-refractivity contribution is -0.212. The average molecular weight is 562 g/mol. The Morgan fingerprint density at radius 2 is 1.85 bits per heavy atom. The van der Waals surface area contributed by atoms with Gasteiger partial charge in [-0.2, -0.15) is 13.2 Å². The monoisotopic (exact) mass is 561 g/mol. The lowest BCUT2D eigenvalue weighted by Crippen LogP contribution is -2.45. The van der Waals surface area contributed by atoms with Crippen LogP contribution in [0.1, 0.15) is 49.2 Å². The fourth-order valence-electron chi connectivity index (χ4n) is 4.54. The van der Waals surface area contributed by atoms with Crippen molar-refractivity contribution < 1.29 is 41.4 Å². The number of carbonyl (C=O) groups excluding carboxylic acids is 3. The number of hydrogen-bond acceptors (Lipinski definition) is 7. The molecule has 212 valence electrons. The number of nitrogens with zero attached hydrogens (tertiary/aromatic N) is 2. The molecular formula is C28H27F4N3O5. The molecule has 1 N–H and O–H groups in total. The van der Waals surface area contributed by atoms with Crippen LogP contribution in [0, 0.1) is 11.7 Å². The number of alkyl halides is 3. The van der Waals surface area contributed by atoms with E-state index in [1.165, 1.54) is 38.2 Å². The number of benzene rings is 2. The van der Waals surface area contributed by atoms with Gasteiger partial charge in [0.15, 0.2) is 0 Å². The van der Waals surface area contributed by atoms with Crippen LogP contribution >= 0.6 is 0 Å². The van der Waals surface area contributed by atoms with Crippen LogP contribution in [-0.4, -0.2) is 51.7 Å². The summed E-state index contributed by atoms with van der Waals surface area (Å²) in [6, 6.07) is 12.0. The van der Waals surface area contributed by atoms with Crippen LogP contribution in [0.25, 0.3) is 11.0 Å². The number of carbonyl (C=O) groups is 3. The minimum atomic E-state index is -5.13. The van der Waals surface area contributed by atoms with Gasteiger partial charge in [-0.25, -0.2) is 14.2 Å². The molecule has 0 radical (unpaired) electrons. The second-order valence-corrected chi connectivity index (χ2v) is 10.3. The maximum absolute atomic E-state index is 13.9. The first-order valence-corrected chi connectivity index (χ1v) is 12.6. The van der Waals surface area contributed by atoms with E-state index >= 15 is 0 Å². The molecule has 0 saturated carbocycles. The van der Waals surface area contributed by atoms with Crippen LogP contribution in [-0.2, 0) is 25.5 Å². The highest BCUT2D eigenvalue weighted by Crippen LogP contribution is 2.32. The van der Waals surface area contributed by atoms with E-state index in [0.29, 0.717) is 16.6 Å². The van der Waals surface area contributed by atoms with E-state index in [-0.39, 0.29) is 31.4 Å². The number of cyclic esters (lactones) is 1. The van der Waals surface area contributed by atoms with E-state index in [9.17, 15) is 31.9 Å². The number of para-hydroxylation sites is 2. The number of halogens is 4. The van der Waals surface area contributed by atoms with Crippen molar-refractivity contribution in [3.8, 4) is 0 Å². The van der Waals surface area contributed by atoms with Gasteiger partial charge in [-0.05, 0) is 69.4 Å². The fourth-order valence-corrected chi connectivity index (χ4v) is 4.54. The molecule has 2 heterocycles. The quantitative estimate of drug-likeness (QED) is 0.298. The van der Waals surface area contributed by atoms with Gasteiger partial charge in [0.25, 0.3) is 5.91 Å². The summed E-state index contributed by atoms with van der Waals surface area (Å²) >= 11 is 0. The van der Waals surface area contributed by atoms with E-state index in [4.69, 9.17) is 4.74 Å². The molecule has 12 heteroatoms. The molecule has 1 aliphatic rings. The average Bonchev–Trinajstić information content (AvgIpc) is 3.26. The molecule has 1 aliphatic heterocycles. The Kier molecular flexibility index (Phi) is 8.36. The van der Waals surface area contributed by atoms with Crippen LogP contribution in [0.2, 0.25) is 0 Å². The maximum atomic E-state index is 13.9. The first kappa shape index (κ1) is 28.9. The van der Waals surface area contributed by atoms with E-state index < -0.39 is 53.5 Å². The van der Waals surface area contributed by atoms with E-state index in [1.807, 2.05) is 0 Å². The zero-order valence-electron chi connectivity index (χ0n) is 21.7. The number of aromatic nitrogens is 2. The maximum Gasteiger partial charge on any atom is 0.490 e. The van der Waals surface area contributed by atoms with Gasteiger partial charge in [0.2, 0.25) is 0 Å². The highest BCUT2D eigenvalue weighted by molar-refractivity contribution is 5.94. The van der Waals surface area contributed by atoms with Crippen molar-refractivity contribution in [2.45, 2.75) is 63.5 Å². The predicted octanol–water partition coefficient (Wildman–Crippen LogP) is 4.71. The summed E-state index contributed by atoms with van der Waals surface area (Å²) in [5, 5.41) is 2.83. The molecule has 0 aliphatic carbocycles. The summed E-state index contributed by atoms with van der Waals surface area (Å²) in [4.78, 5) is 45.7. The van der Waals surface area contributed by atoms with Gasteiger partial charge in [-0.15, -0.1) is 0 Å². The number of ether oxygens (including phenoxy) is 2. The summed E-state index contributed by atoms with van der Waals surface area (Å²) in [7, 11) is 0. The third-order valence-electron chi connectivity index (χ3n) is 6.60. The highest BCUT2D eigenvalue weighted by atomic mass is 19.4. The predicted molar refractivity (Wildman–Crippen MR) is 134 cm³/mol. The number of amides is 1. The van der Waals surface area contributed by atoms with Gasteiger partial charge in [-0.1, -0.05) is 24.3 Å². The largest absolute Gasteiger partial charge is 0.490 e. The molecule has 0 bridgehead atoms. The smallest absolute Gasteiger partial charge is 0.460 e. The second-order valence-electron chi connectivity index (χ2n) is 10.3. The molecule has 0 spiro atoms. The Hall–Kier alpha value is -4.09. The van der Waals surface area contributed by atoms with E-state index in [1.54, 1.807) is 30.3 Å². The molecular weight excluding hydrogens is 534 g/mol. The van der Waals surface area contributed by atoms with Gasteiger partial charge in [0.1, 0.15) is 23.2 Å². The zero-order chi connectivity index (χ0) is 29.1. The van der Waals surface area contributed by atoms with Crippen molar-refractivity contribution in [2.24, 2.45) is 5.92 Å². The molecule has 3 aromatic rings. The number of nitrogens with one attached hydrogen (secondary N) is 1. The topological polar surface area (TPSA) is 107 Å². The third kappa shape index (κ3) is 7.30. The molecule has 1 fully saturated rings. The van der Waals surface area contributed by atoms with Gasteiger partial charge in [-0.3, -0.25) is 14.6 Å². The van der Waals surface area contributed by atoms with Gasteiger partial charge in [0.05, 0.1) is 29.2 Å². The molecule has 1 unspecified atom stereocenters. The molecule has 1 saturated heterocycles. The van der Waals surface area contributed by atoms with Crippen molar-refractivity contribution in [1.29, 1.82) is 0 Å². The molecule has 1 amide bonds. The van der Waals surface area contributed by atoms with Crippen molar-refractivity contribution >= 4 is 28.9 Å². The van der Waals surface area contributed by atoms with Crippen LogP contribution in [0.15, 0.2) is 54.7 Å². The number of rotatable bonds is 9. The van der Waals surface area contributed by atoms with Crippen LogP contribution in [0.3, 0.4) is 0 Å². The van der Waals surface area contributed by atoms with E-state index in [0.717, 1.165) is 0 Å². The van der Waals surface area contributed by atoms with Crippen molar-refractivity contribution in [3.63, 3.8) is 0 Å². The van der Waals surface area contributed by atoms with Crippen molar-refractivity contribution in [1.82, 2.24) is 15.3 Å². The molecule has 40 heavy (non-hydrogen) atoms. The number of fused-ring (bicyclic) bond motifs is 1. The van der Waals surface area contributed by atoms with Gasteiger partial charge in [0, 0.05) is 0 Å². The highest BCUT2D eigenvalue weighted by Gasteiger charge is 2.45. The first-order valence-electron chi connectivity index (χ1n) is 12.6. The Labute approximate surface area is 227 Å². The molecule has 1 aromatic heterocycles. The lowest BCUT2D eigenvalue weighted by atomic mass is 9.90. The Bertz CT molecular complexity index is 1410. The summed E-state index contributed by atoms with van der Waals surface area (Å²) in [6.07, 6.45) is -4.29. The molecule has 3 atom stereocenters. The molecule has 4 rings (SSSR count). The van der Waals surface area contributed by atoms with Crippen molar-refractivity contribution in [2.75, 3.05) is 0 Å². The standard InChI is InChI=1S/C28H27F4N3O5/c1-27(2,40-26(38)28(30,31)32)11-10-17-14-23(39-25(17)37)21(13-16-6-5-7-18(29)12-16)35-24(36)22-15-33-19-8-3-4-9-20(19)34-22/h3-9,12,15,17,21,23H,10-11,13-14H2,1-2H3,(H,35,36)/t17-,21+,23?/m1/s1. The SMILES string of the molecule is CC(C)(CC[C@@H]1CC([C@H](Cc2cccc(F)c2)NC(=O)c2cnc3ccccc3n2)OC1=O)OC(=O)C(F)(F)F. The fraction of sp³-hybridized carbons (Fsp3) is 0.393. The molecule has 8 nitrogen and oxygen atoms in total. The minimum Gasteiger partial charge on any atom is -0.460 e. The Balaban J connectivity index is 1.48. The summed E-state index contributed by atoms with van der Waals surface area (Å²) < 4.78 is 61.9. The Morgan fingerprint density at radius 3 is 2.55 bits per heavy atom. The Morgan fingerprint density at radius 1 is 1.12 bits per heavy atom. The molecule has 2 aromatic carbocycles. The number of hydrogen-bond donors (Lipinski definition) is 1. The lowest BCUT2D eigenvalue weighted by Gasteiger charge is -2.26. The summed E-state index contributed by atoms with van der Waals surface area (Å²) in [5.74, 6) is -4.65. The van der Waals surface area contributed by atoms with Gasteiger partial charge < -0.3 is 14.8 Å². The normalized spacial score (nSPS) is 18.3. The van der Waals surface area contributed by atoms with Crippen LogP contribution in [0.5, 0.6) is 0 Å². The summed E-state index contributed by atoms with van der Waals surface area (Å²) in [5.41, 5.74) is 0.228. The zero-order valence-corrected chi connectivity index (χ0v) is 21.7. The minimum absolute atomic E-state index is 0.0328.